The highest BCUT2D eigenvalue weighted by Gasteiger charge is 2.20. The third kappa shape index (κ3) is 3.43. The molecule has 0 heterocycles. The quantitative estimate of drug-likeness (QED) is 0.795. The van der Waals surface area contributed by atoms with Crippen LogP contribution >= 0.6 is 27.5 Å². The number of aliphatic hydroxyl groups excluding tert-OH is 3. The Bertz CT molecular complexity index is 332. The molecular formula is C10H12BrClO3. The number of halogens is 2. The SMILES string of the molecule is OCCC(O)C(O)c1cc(Cl)ccc1Br. The molecule has 2 atom stereocenters. The van der Waals surface area contributed by atoms with Crippen molar-refractivity contribution < 1.29 is 15.3 Å². The van der Waals surface area contributed by atoms with E-state index in [0.717, 1.165) is 0 Å². The maximum absolute atomic E-state index is 9.78. The predicted molar refractivity (Wildman–Crippen MR) is 61.8 cm³/mol. The van der Waals surface area contributed by atoms with Crippen molar-refractivity contribution >= 4 is 27.5 Å². The third-order valence-electron chi connectivity index (χ3n) is 2.07. The smallest absolute Gasteiger partial charge is 0.106 e. The molecule has 15 heavy (non-hydrogen) atoms. The van der Waals surface area contributed by atoms with Gasteiger partial charge in [-0.15, -0.1) is 0 Å². The molecule has 84 valence electrons. The van der Waals surface area contributed by atoms with Crippen LogP contribution in [0.4, 0.5) is 0 Å². The van der Waals surface area contributed by atoms with Gasteiger partial charge in [-0.05, 0) is 30.2 Å². The lowest BCUT2D eigenvalue weighted by Crippen LogP contribution is -2.19. The van der Waals surface area contributed by atoms with Crippen LogP contribution in [0.1, 0.15) is 18.1 Å². The fraction of sp³-hybridized carbons (Fsp3) is 0.400. The fourth-order valence-corrected chi connectivity index (χ4v) is 1.90. The first-order valence-electron chi connectivity index (χ1n) is 4.48. The summed E-state index contributed by atoms with van der Waals surface area (Å²) in [4.78, 5) is 0. The van der Waals surface area contributed by atoms with E-state index in [0.29, 0.717) is 15.1 Å². The van der Waals surface area contributed by atoms with Gasteiger partial charge in [0, 0.05) is 16.1 Å². The molecular weight excluding hydrogens is 283 g/mol. The van der Waals surface area contributed by atoms with Crippen molar-refractivity contribution in [3.63, 3.8) is 0 Å². The molecule has 0 aliphatic carbocycles. The first-order valence-corrected chi connectivity index (χ1v) is 5.65. The maximum atomic E-state index is 9.78. The predicted octanol–water partition coefficient (Wildman–Crippen LogP) is 1.88. The second-order valence-electron chi connectivity index (χ2n) is 3.19. The zero-order valence-corrected chi connectivity index (χ0v) is 10.2. The highest BCUT2D eigenvalue weighted by molar-refractivity contribution is 9.10. The lowest BCUT2D eigenvalue weighted by molar-refractivity contribution is 0.00384. The second-order valence-corrected chi connectivity index (χ2v) is 4.48. The van der Waals surface area contributed by atoms with E-state index in [1.807, 2.05) is 0 Å². The van der Waals surface area contributed by atoms with Gasteiger partial charge in [-0.25, -0.2) is 0 Å². The van der Waals surface area contributed by atoms with Crippen molar-refractivity contribution in [2.75, 3.05) is 6.61 Å². The van der Waals surface area contributed by atoms with Gasteiger partial charge in [0.15, 0.2) is 0 Å². The van der Waals surface area contributed by atoms with Crippen molar-refractivity contribution in [1.29, 1.82) is 0 Å². The van der Waals surface area contributed by atoms with E-state index in [9.17, 15) is 10.2 Å². The number of rotatable bonds is 4. The van der Waals surface area contributed by atoms with Crippen LogP contribution < -0.4 is 0 Å². The van der Waals surface area contributed by atoms with Gasteiger partial charge in [-0.1, -0.05) is 27.5 Å². The average Bonchev–Trinajstić information content (AvgIpc) is 2.21. The van der Waals surface area contributed by atoms with E-state index in [4.69, 9.17) is 16.7 Å². The van der Waals surface area contributed by atoms with Gasteiger partial charge < -0.3 is 15.3 Å². The summed E-state index contributed by atoms with van der Waals surface area (Å²) in [6, 6.07) is 4.96. The molecule has 3 nitrogen and oxygen atoms in total. The first-order chi connectivity index (χ1) is 7.06. The zero-order chi connectivity index (χ0) is 11.4. The van der Waals surface area contributed by atoms with Gasteiger partial charge in [0.2, 0.25) is 0 Å². The van der Waals surface area contributed by atoms with Crippen molar-refractivity contribution in [3.05, 3.63) is 33.3 Å². The fourth-order valence-electron chi connectivity index (χ4n) is 1.24. The third-order valence-corrected chi connectivity index (χ3v) is 3.02. The average molecular weight is 296 g/mol. The minimum atomic E-state index is -1.05. The Balaban J connectivity index is 2.89. The van der Waals surface area contributed by atoms with Crippen LogP contribution in [-0.2, 0) is 0 Å². The molecule has 0 saturated carbocycles. The van der Waals surface area contributed by atoms with E-state index in [1.54, 1.807) is 18.2 Å². The summed E-state index contributed by atoms with van der Waals surface area (Å²) in [5.41, 5.74) is 0.517. The number of hydrogen-bond acceptors (Lipinski definition) is 3. The van der Waals surface area contributed by atoms with Crippen LogP contribution in [0.15, 0.2) is 22.7 Å². The minimum Gasteiger partial charge on any atom is -0.396 e. The minimum absolute atomic E-state index is 0.125. The molecule has 1 rings (SSSR count). The Morgan fingerprint density at radius 3 is 2.60 bits per heavy atom. The molecule has 0 saturated heterocycles. The van der Waals surface area contributed by atoms with Crippen molar-refractivity contribution in [2.24, 2.45) is 0 Å². The van der Waals surface area contributed by atoms with Crippen molar-refractivity contribution in [1.82, 2.24) is 0 Å². The summed E-state index contributed by atoms with van der Waals surface area (Å²) >= 11 is 9.04. The summed E-state index contributed by atoms with van der Waals surface area (Å²) in [5.74, 6) is 0. The molecule has 5 heteroatoms. The van der Waals surface area contributed by atoms with Crippen molar-refractivity contribution in [2.45, 2.75) is 18.6 Å². The molecule has 0 bridgehead atoms. The summed E-state index contributed by atoms with van der Waals surface area (Å²) in [7, 11) is 0. The molecule has 3 N–H and O–H groups in total. The van der Waals surface area contributed by atoms with E-state index in [1.165, 1.54) is 0 Å². The second kappa shape index (κ2) is 5.82. The molecule has 1 aromatic carbocycles. The standard InChI is InChI=1S/C10H12BrClO3/c11-8-2-1-6(12)5-7(8)10(15)9(14)3-4-13/h1-2,5,9-10,13-15H,3-4H2. The summed E-state index contributed by atoms with van der Waals surface area (Å²) in [6.07, 6.45) is -1.92. The van der Waals surface area contributed by atoms with Crippen LogP contribution in [0, 0.1) is 0 Å². The normalized spacial score (nSPS) is 15.0. The number of benzene rings is 1. The summed E-state index contributed by atoms with van der Waals surface area (Å²) in [6.45, 7) is -0.170. The molecule has 0 amide bonds. The molecule has 0 fully saturated rings. The van der Waals surface area contributed by atoms with Gasteiger partial charge in [0.05, 0.1) is 6.10 Å². The number of aliphatic hydroxyl groups is 3. The van der Waals surface area contributed by atoms with E-state index in [-0.39, 0.29) is 13.0 Å². The molecule has 0 aliphatic rings. The molecule has 0 aromatic heterocycles. The Morgan fingerprint density at radius 1 is 1.33 bits per heavy atom. The molecule has 0 spiro atoms. The van der Waals surface area contributed by atoms with Crippen LogP contribution in [0.3, 0.4) is 0 Å². The Hall–Kier alpha value is -0.130. The zero-order valence-electron chi connectivity index (χ0n) is 7.90. The number of hydrogen-bond donors (Lipinski definition) is 3. The first kappa shape index (κ1) is 12.9. The Labute approximate surface area is 101 Å². The van der Waals surface area contributed by atoms with E-state index >= 15 is 0 Å². The molecule has 0 aliphatic heterocycles. The molecule has 0 radical (unpaired) electrons. The van der Waals surface area contributed by atoms with Crippen molar-refractivity contribution in [3.8, 4) is 0 Å². The lowest BCUT2D eigenvalue weighted by Gasteiger charge is -2.18. The van der Waals surface area contributed by atoms with E-state index in [2.05, 4.69) is 15.9 Å². The Morgan fingerprint density at radius 2 is 2.00 bits per heavy atom. The highest BCUT2D eigenvalue weighted by atomic mass is 79.9. The van der Waals surface area contributed by atoms with Gasteiger partial charge >= 0.3 is 0 Å². The van der Waals surface area contributed by atoms with E-state index < -0.39 is 12.2 Å². The summed E-state index contributed by atoms with van der Waals surface area (Å²) < 4.78 is 0.677. The highest BCUT2D eigenvalue weighted by Crippen LogP contribution is 2.29. The largest absolute Gasteiger partial charge is 0.396 e. The van der Waals surface area contributed by atoms with Gasteiger partial charge in [0.25, 0.3) is 0 Å². The van der Waals surface area contributed by atoms with Gasteiger partial charge in [-0.3, -0.25) is 0 Å². The molecule has 2 unspecified atom stereocenters. The van der Waals surface area contributed by atoms with Gasteiger partial charge in [-0.2, -0.15) is 0 Å². The Kier molecular flexibility index (Phi) is 5.02. The molecule has 1 aromatic rings. The van der Waals surface area contributed by atoms with Crippen LogP contribution in [0.25, 0.3) is 0 Å². The topological polar surface area (TPSA) is 60.7 Å². The van der Waals surface area contributed by atoms with Crippen LogP contribution in [0.2, 0.25) is 5.02 Å². The maximum Gasteiger partial charge on any atom is 0.106 e. The van der Waals surface area contributed by atoms with Crippen LogP contribution in [-0.4, -0.2) is 28.0 Å². The summed E-state index contributed by atoms with van der Waals surface area (Å²) in [5, 5.41) is 28.4. The van der Waals surface area contributed by atoms with Gasteiger partial charge in [0.1, 0.15) is 6.10 Å². The van der Waals surface area contributed by atoms with Crippen LogP contribution in [0.5, 0.6) is 0 Å². The lowest BCUT2D eigenvalue weighted by atomic mass is 10.0. The monoisotopic (exact) mass is 294 g/mol.